The first-order valence-corrected chi connectivity index (χ1v) is 23.9. The number of aliphatic hydroxyl groups excluding tert-OH is 1. The van der Waals surface area contributed by atoms with Crippen molar-refractivity contribution < 1.29 is 45.7 Å². The number of aromatic amines is 1. The molecule has 7 N–H and O–H groups in total. The summed E-state index contributed by atoms with van der Waals surface area (Å²) in [5, 5.41) is 24.8. The third kappa shape index (κ3) is 10.8. The molecule has 0 aliphatic heterocycles. The number of nitrogens with two attached hydrogens (primary N) is 2. The molecule has 0 aliphatic rings. The van der Waals surface area contributed by atoms with Crippen molar-refractivity contribution in [3.05, 3.63) is 120 Å². The molecular weight excluding hydrogens is 917 g/mol. The third-order valence-electron chi connectivity index (χ3n) is 11.0. The number of para-hydroxylation sites is 1. The number of ether oxygens (including phenoxy) is 4. The monoisotopic (exact) mass is 968 g/mol. The molecular formula is C46H52N10O10S2. The zero-order valence-electron chi connectivity index (χ0n) is 38.1. The molecule has 0 fully saturated rings. The Bertz CT molecular complexity index is 3070. The average molecular weight is 969 g/mol. The van der Waals surface area contributed by atoms with Crippen LogP contribution >= 0.6 is 0 Å². The van der Waals surface area contributed by atoms with Crippen molar-refractivity contribution in [2.24, 2.45) is 11.1 Å². The lowest BCUT2D eigenvalue weighted by Gasteiger charge is -2.35. The number of tetrazole rings is 1. The van der Waals surface area contributed by atoms with Gasteiger partial charge in [0.25, 0.3) is 0 Å². The Labute approximate surface area is 393 Å². The minimum Gasteiger partial charge on any atom is -0.497 e. The first-order chi connectivity index (χ1) is 32.3. The van der Waals surface area contributed by atoms with Gasteiger partial charge in [0.05, 0.1) is 50.5 Å². The predicted octanol–water partition coefficient (Wildman–Crippen LogP) is 5.08. The molecule has 0 unspecified atom stereocenters. The molecule has 22 heteroatoms. The Morgan fingerprint density at radius 2 is 1.37 bits per heavy atom. The van der Waals surface area contributed by atoms with Crippen molar-refractivity contribution in [1.82, 2.24) is 39.2 Å². The summed E-state index contributed by atoms with van der Waals surface area (Å²) in [4.78, 5) is 18.9. The molecule has 20 nitrogen and oxygen atoms in total. The van der Waals surface area contributed by atoms with Crippen LogP contribution in [0.25, 0.3) is 33.5 Å². The SMILES string of the molecule is COc1ccc(CN(Cc2ccc(OC)cc2)S(=O)(=O)c2c(S(=O)(=O)N[C@@H]([C@@H](O)COC(N)=O)C(C)(C)C)ccc(-c3cccc4[nH]c(N)nc34)c2-c2nnn(Cc3ccc(OC)cc3)n2)cc1. The Morgan fingerprint density at radius 3 is 1.90 bits per heavy atom. The van der Waals surface area contributed by atoms with Crippen LogP contribution in [-0.2, 0) is 44.4 Å². The molecule has 0 spiro atoms. The molecule has 2 atom stereocenters. The molecule has 0 saturated carbocycles. The van der Waals surface area contributed by atoms with Gasteiger partial charge in [-0.25, -0.2) is 31.3 Å². The van der Waals surface area contributed by atoms with E-state index in [2.05, 4.69) is 25.0 Å². The normalized spacial score (nSPS) is 13.1. The fourth-order valence-corrected chi connectivity index (χ4v) is 11.5. The topological polar surface area (TPSA) is 282 Å². The molecule has 0 radical (unpaired) electrons. The van der Waals surface area contributed by atoms with Crippen molar-refractivity contribution in [2.75, 3.05) is 33.7 Å². The van der Waals surface area contributed by atoms with Gasteiger partial charge in [-0.1, -0.05) is 75.4 Å². The minimum absolute atomic E-state index is 0.0751. The first-order valence-electron chi connectivity index (χ1n) is 21.0. The number of anilines is 1. The highest BCUT2D eigenvalue weighted by atomic mass is 32.2. The van der Waals surface area contributed by atoms with Gasteiger partial charge in [-0.3, -0.25) is 0 Å². The second-order valence-electron chi connectivity index (χ2n) is 16.8. The average Bonchev–Trinajstić information content (AvgIpc) is 3.95. The summed E-state index contributed by atoms with van der Waals surface area (Å²) in [6.45, 7) is 3.83. The van der Waals surface area contributed by atoms with Crippen LogP contribution in [0.3, 0.4) is 0 Å². The van der Waals surface area contributed by atoms with E-state index in [1.165, 1.54) is 25.1 Å². The number of aromatic nitrogens is 6. The molecule has 2 aromatic heterocycles. The van der Waals surface area contributed by atoms with Crippen LogP contribution in [0.4, 0.5) is 10.7 Å². The van der Waals surface area contributed by atoms with Crippen molar-refractivity contribution in [3.8, 4) is 39.8 Å². The van der Waals surface area contributed by atoms with Crippen LogP contribution in [0.1, 0.15) is 37.5 Å². The van der Waals surface area contributed by atoms with E-state index in [1.807, 2.05) is 0 Å². The number of methoxy groups -OCH3 is 3. The fraction of sp³-hybridized carbons (Fsp3) is 0.283. The van der Waals surface area contributed by atoms with E-state index in [0.29, 0.717) is 45.0 Å². The number of hydrogen-bond donors (Lipinski definition) is 5. The number of hydrogen-bond acceptors (Lipinski definition) is 15. The highest BCUT2D eigenvalue weighted by Crippen LogP contribution is 2.43. The molecule has 2 heterocycles. The largest absolute Gasteiger partial charge is 0.497 e. The lowest BCUT2D eigenvalue weighted by Crippen LogP contribution is -2.53. The number of primary amides is 1. The molecule has 1 amide bonds. The van der Waals surface area contributed by atoms with Crippen molar-refractivity contribution in [2.45, 2.75) is 62.3 Å². The summed E-state index contributed by atoms with van der Waals surface area (Å²) in [5.74, 6) is 1.51. The van der Waals surface area contributed by atoms with Crippen LogP contribution in [0.5, 0.6) is 17.2 Å². The number of benzene rings is 5. The van der Waals surface area contributed by atoms with Gasteiger partial charge in [0, 0.05) is 18.7 Å². The van der Waals surface area contributed by atoms with Crippen LogP contribution in [0.15, 0.2) is 113 Å². The van der Waals surface area contributed by atoms with Gasteiger partial charge in [-0.05, 0) is 81.4 Å². The number of sulfonamides is 2. The summed E-state index contributed by atoms with van der Waals surface area (Å²) in [6, 6.07) is 27.0. The number of nitrogens with zero attached hydrogens (tertiary/aromatic N) is 6. The van der Waals surface area contributed by atoms with Crippen molar-refractivity contribution >= 4 is 43.1 Å². The van der Waals surface area contributed by atoms with Crippen LogP contribution < -0.4 is 30.4 Å². The maximum absolute atomic E-state index is 16.2. The fourth-order valence-electron chi connectivity index (χ4n) is 7.60. The number of imidazole rings is 1. The number of carbonyl (C=O) groups excluding carboxylic acids is 1. The maximum Gasteiger partial charge on any atom is 0.404 e. The van der Waals surface area contributed by atoms with Gasteiger partial charge in [-0.2, -0.15) is 9.10 Å². The van der Waals surface area contributed by atoms with Gasteiger partial charge in [0.1, 0.15) is 39.8 Å². The molecule has 68 heavy (non-hydrogen) atoms. The van der Waals surface area contributed by atoms with Crippen molar-refractivity contribution in [3.63, 3.8) is 0 Å². The van der Waals surface area contributed by atoms with E-state index in [1.54, 1.807) is 119 Å². The van der Waals surface area contributed by atoms with E-state index in [0.717, 1.165) is 15.9 Å². The Morgan fingerprint density at radius 1 is 0.809 bits per heavy atom. The Kier molecular flexibility index (Phi) is 14.4. The second-order valence-corrected chi connectivity index (χ2v) is 20.3. The Balaban J connectivity index is 1.53. The van der Waals surface area contributed by atoms with E-state index < -0.39 is 60.1 Å². The summed E-state index contributed by atoms with van der Waals surface area (Å²) < 4.78 is 87.5. The summed E-state index contributed by atoms with van der Waals surface area (Å²) in [5.41, 5.74) is 13.3. The minimum atomic E-state index is -5.05. The molecule has 7 aromatic rings. The van der Waals surface area contributed by atoms with E-state index in [9.17, 15) is 9.90 Å². The van der Waals surface area contributed by atoms with Crippen LogP contribution in [-0.4, -0.2) is 103 Å². The van der Waals surface area contributed by atoms with Gasteiger partial charge in [0.2, 0.25) is 25.9 Å². The molecule has 7 rings (SSSR count). The quantitative estimate of drug-likeness (QED) is 0.0707. The lowest BCUT2D eigenvalue weighted by atomic mass is 9.84. The number of amides is 1. The number of rotatable bonds is 19. The van der Waals surface area contributed by atoms with Crippen LogP contribution in [0.2, 0.25) is 0 Å². The zero-order chi connectivity index (χ0) is 49.0. The van der Waals surface area contributed by atoms with Gasteiger partial charge < -0.3 is 40.5 Å². The zero-order valence-corrected chi connectivity index (χ0v) is 39.7. The summed E-state index contributed by atoms with van der Waals surface area (Å²) >= 11 is 0. The molecule has 5 aromatic carbocycles. The summed E-state index contributed by atoms with van der Waals surface area (Å²) in [6.07, 6.45) is -2.83. The molecule has 358 valence electrons. The van der Waals surface area contributed by atoms with Gasteiger partial charge >= 0.3 is 6.09 Å². The maximum atomic E-state index is 16.2. The number of fused-ring (bicyclic) bond motifs is 1. The number of aliphatic hydroxyl groups is 1. The van der Waals surface area contributed by atoms with E-state index >= 15 is 16.8 Å². The van der Waals surface area contributed by atoms with Gasteiger partial charge in [-0.15, -0.1) is 10.2 Å². The highest BCUT2D eigenvalue weighted by Gasteiger charge is 2.41. The van der Waals surface area contributed by atoms with E-state index in [4.69, 9.17) is 35.5 Å². The highest BCUT2D eigenvalue weighted by molar-refractivity contribution is 7.92. The molecule has 0 bridgehead atoms. The standard InChI is InChI=1S/C46H52N10O10S2/c1-46(2,3)42(37(57)27-66-45(48)58)53-67(59,60)38-23-22-34(35-8-7-9-36-40(35)50-44(47)49-36)39(43-51-54-56(52-43)26-30-14-20-33(65-6)21-15-30)41(38)68(61,62)55(24-28-10-16-31(63-4)17-11-28)25-29-12-18-32(64-5)19-13-29/h7-23,37,42,53,57H,24-27H2,1-6H3,(H2,48,58)(H3,47,49,50)/t37-,42-/m0/s1. The van der Waals surface area contributed by atoms with Crippen molar-refractivity contribution in [1.29, 1.82) is 0 Å². The number of carbonyl (C=O) groups is 1. The third-order valence-corrected chi connectivity index (χ3v) is 14.5. The van der Waals surface area contributed by atoms with Gasteiger partial charge in [0.15, 0.2) is 5.95 Å². The number of H-pyrrole nitrogens is 1. The van der Waals surface area contributed by atoms with Crippen LogP contribution in [0, 0.1) is 5.41 Å². The van der Waals surface area contributed by atoms with E-state index in [-0.39, 0.29) is 42.5 Å². The number of nitrogens with one attached hydrogen (secondary N) is 2. The molecule has 0 aliphatic carbocycles. The number of nitrogen functional groups attached to an aromatic ring is 1. The lowest BCUT2D eigenvalue weighted by molar-refractivity contribution is 0.0253. The summed E-state index contributed by atoms with van der Waals surface area (Å²) in [7, 11) is -5.50. The first kappa shape index (κ1) is 48.8. The second kappa shape index (κ2) is 20.0. The predicted molar refractivity (Wildman–Crippen MR) is 252 cm³/mol. The smallest absolute Gasteiger partial charge is 0.404 e. The Hall–Kier alpha value is -7.11. The molecule has 0 saturated heterocycles.